The molecular formula is C23H35O5PS. The smallest absolute Gasteiger partial charge is 0.175 e. The van der Waals surface area contributed by atoms with Gasteiger partial charge < -0.3 is 14.0 Å². The Hall–Kier alpha value is -1.78. The molecule has 2 aromatic carbocycles. The largest absolute Gasteiger partial charge is 0.496 e. The minimum atomic E-state index is -3.16. The number of hydrogen-bond donors (Lipinski definition) is 0. The Bertz CT molecular complexity index is 1000. The highest BCUT2D eigenvalue weighted by atomic mass is 32.2. The summed E-state index contributed by atoms with van der Waals surface area (Å²) in [5.41, 5.74) is 2.18. The minimum Gasteiger partial charge on any atom is -0.496 e. The molecule has 168 valence electrons. The van der Waals surface area contributed by atoms with Crippen molar-refractivity contribution in [2.24, 2.45) is 0 Å². The molecule has 0 aliphatic carbocycles. The van der Waals surface area contributed by atoms with Crippen molar-refractivity contribution < 1.29 is 22.5 Å². The standard InChI is InChI=1S/C12H19O2P.C11H16O3S/c1-9(2)11-7-6-10(15(4,5)13)8-12(11)14-3;1-8(2)10-6-5-9(15(4,12)13)7-11(10)14-3/h6-9H,1-5H3;5-8H,1-4H3. The van der Waals surface area contributed by atoms with E-state index in [1.165, 1.54) is 6.26 Å². The van der Waals surface area contributed by atoms with Crippen LogP contribution in [-0.4, -0.2) is 42.2 Å². The molecule has 0 fully saturated rings. The van der Waals surface area contributed by atoms with Gasteiger partial charge in [-0.05, 0) is 54.5 Å². The molecule has 5 nitrogen and oxygen atoms in total. The van der Waals surface area contributed by atoms with Gasteiger partial charge in [-0.1, -0.05) is 45.9 Å². The molecule has 0 amide bonds. The van der Waals surface area contributed by atoms with E-state index in [1.807, 2.05) is 32.0 Å². The van der Waals surface area contributed by atoms with Gasteiger partial charge in [0.1, 0.15) is 18.6 Å². The maximum Gasteiger partial charge on any atom is 0.175 e. The van der Waals surface area contributed by atoms with Crippen LogP contribution in [0.3, 0.4) is 0 Å². The fraction of sp³-hybridized carbons (Fsp3) is 0.478. The van der Waals surface area contributed by atoms with Crippen LogP contribution in [0.1, 0.15) is 50.7 Å². The Morgan fingerprint density at radius 2 is 1.23 bits per heavy atom. The van der Waals surface area contributed by atoms with Crippen LogP contribution in [0.4, 0.5) is 0 Å². The molecule has 0 bridgehead atoms. The number of methoxy groups -OCH3 is 2. The van der Waals surface area contributed by atoms with Crippen LogP contribution in [0.15, 0.2) is 41.3 Å². The summed E-state index contributed by atoms with van der Waals surface area (Å²) in [6.45, 7) is 11.9. The molecule has 2 aromatic rings. The van der Waals surface area contributed by atoms with Crippen molar-refractivity contribution in [1.29, 1.82) is 0 Å². The van der Waals surface area contributed by atoms with Gasteiger partial charge in [-0.15, -0.1) is 0 Å². The highest BCUT2D eigenvalue weighted by Gasteiger charge is 2.15. The highest BCUT2D eigenvalue weighted by molar-refractivity contribution is 7.90. The van der Waals surface area contributed by atoms with E-state index >= 15 is 0 Å². The fourth-order valence-electron chi connectivity index (χ4n) is 2.91. The second-order valence-corrected chi connectivity index (χ2v) is 13.5. The van der Waals surface area contributed by atoms with Crippen molar-refractivity contribution in [3.63, 3.8) is 0 Å². The summed E-state index contributed by atoms with van der Waals surface area (Å²) in [4.78, 5) is 0.295. The third-order valence-electron chi connectivity index (χ3n) is 4.72. The Morgan fingerprint density at radius 3 is 1.60 bits per heavy atom. The predicted octanol–water partition coefficient (Wildman–Crippen LogP) is 5.29. The van der Waals surface area contributed by atoms with Crippen molar-refractivity contribution in [3.8, 4) is 11.5 Å². The molecule has 0 aliphatic rings. The van der Waals surface area contributed by atoms with Crippen LogP contribution in [0.5, 0.6) is 11.5 Å². The predicted molar refractivity (Wildman–Crippen MR) is 126 cm³/mol. The summed E-state index contributed by atoms with van der Waals surface area (Å²) in [5.74, 6) is 2.20. The molecule has 0 N–H and O–H groups in total. The van der Waals surface area contributed by atoms with Gasteiger partial charge in [0.25, 0.3) is 0 Å². The maximum atomic E-state index is 11.9. The highest BCUT2D eigenvalue weighted by Crippen LogP contribution is 2.37. The van der Waals surface area contributed by atoms with Crippen LogP contribution >= 0.6 is 7.14 Å². The molecule has 0 radical (unpaired) electrons. The first-order valence-corrected chi connectivity index (χ1v) is 14.3. The summed E-state index contributed by atoms with van der Waals surface area (Å²) < 4.78 is 45.1. The summed E-state index contributed by atoms with van der Waals surface area (Å²) in [5, 5.41) is 0.878. The summed E-state index contributed by atoms with van der Waals surface area (Å²) in [6.07, 6.45) is 1.19. The number of ether oxygens (including phenoxy) is 2. The van der Waals surface area contributed by atoms with E-state index in [0.29, 0.717) is 22.5 Å². The summed E-state index contributed by atoms with van der Waals surface area (Å²) >= 11 is 0. The van der Waals surface area contributed by atoms with Gasteiger partial charge in [0.05, 0.1) is 19.1 Å². The molecule has 0 unspecified atom stereocenters. The average Bonchev–Trinajstić information content (AvgIpc) is 2.65. The molecular weight excluding hydrogens is 419 g/mol. The number of rotatable bonds is 6. The zero-order valence-electron chi connectivity index (χ0n) is 19.5. The van der Waals surface area contributed by atoms with Crippen molar-refractivity contribution in [2.75, 3.05) is 33.8 Å². The van der Waals surface area contributed by atoms with Gasteiger partial charge >= 0.3 is 0 Å². The van der Waals surface area contributed by atoms with Gasteiger partial charge in [-0.2, -0.15) is 0 Å². The second kappa shape index (κ2) is 10.5. The van der Waals surface area contributed by atoms with Crippen molar-refractivity contribution in [3.05, 3.63) is 47.5 Å². The molecule has 30 heavy (non-hydrogen) atoms. The fourth-order valence-corrected chi connectivity index (χ4v) is 4.41. The zero-order chi connectivity index (χ0) is 23.3. The maximum absolute atomic E-state index is 11.9. The van der Waals surface area contributed by atoms with E-state index in [-0.39, 0.29) is 0 Å². The molecule has 2 rings (SSSR count). The Morgan fingerprint density at radius 1 is 0.800 bits per heavy atom. The normalized spacial score (nSPS) is 11.8. The minimum absolute atomic E-state index is 0.295. The second-order valence-electron chi connectivity index (χ2n) is 8.26. The summed E-state index contributed by atoms with van der Waals surface area (Å²) in [6, 6.07) is 10.9. The topological polar surface area (TPSA) is 69.7 Å². The SMILES string of the molecule is COc1cc(P(C)(C)=O)ccc1C(C)C.COc1cc(S(C)(=O)=O)ccc1C(C)C. The molecule has 0 aliphatic heterocycles. The van der Waals surface area contributed by atoms with Crippen molar-refractivity contribution in [2.45, 2.75) is 44.4 Å². The monoisotopic (exact) mass is 454 g/mol. The molecule has 0 heterocycles. The van der Waals surface area contributed by atoms with Gasteiger partial charge in [-0.25, -0.2) is 8.42 Å². The third kappa shape index (κ3) is 7.17. The average molecular weight is 455 g/mol. The molecule has 0 saturated heterocycles. The van der Waals surface area contributed by atoms with Crippen LogP contribution < -0.4 is 14.8 Å². The molecule has 0 aromatic heterocycles. The Labute approximate surface area is 182 Å². The van der Waals surface area contributed by atoms with Crippen molar-refractivity contribution in [1.82, 2.24) is 0 Å². The quantitative estimate of drug-likeness (QED) is 0.555. The van der Waals surface area contributed by atoms with Gasteiger partial charge in [-0.3, -0.25) is 0 Å². The lowest BCUT2D eigenvalue weighted by Crippen LogP contribution is -2.05. The zero-order valence-corrected chi connectivity index (χ0v) is 21.2. The van der Waals surface area contributed by atoms with E-state index in [0.717, 1.165) is 22.2 Å². The van der Waals surface area contributed by atoms with Crippen LogP contribution in [-0.2, 0) is 14.4 Å². The third-order valence-corrected chi connectivity index (χ3v) is 7.35. The first kappa shape index (κ1) is 26.3. The lowest BCUT2D eigenvalue weighted by Gasteiger charge is -2.15. The molecule has 0 saturated carbocycles. The van der Waals surface area contributed by atoms with E-state index in [9.17, 15) is 13.0 Å². The lowest BCUT2D eigenvalue weighted by atomic mass is 10.0. The van der Waals surface area contributed by atoms with Gasteiger partial charge in [0.2, 0.25) is 0 Å². The molecule has 0 atom stereocenters. The van der Waals surface area contributed by atoms with Crippen molar-refractivity contribution >= 4 is 22.3 Å². The van der Waals surface area contributed by atoms with Crippen LogP contribution in [0.25, 0.3) is 0 Å². The van der Waals surface area contributed by atoms with E-state index in [1.54, 1.807) is 45.7 Å². The van der Waals surface area contributed by atoms with E-state index < -0.39 is 17.0 Å². The number of hydrogen-bond acceptors (Lipinski definition) is 5. The molecule has 0 spiro atoms. The summed E-state index contributed by atoms with van der Waals surface area (Å²) in [7, 11) is -2.14. The van der Waals surface area contributed by atoms with E-state index in [4.69, 9.17) is 9.47 Å². The lowest BCUT2D eigenvalue weighted by molar-refractivity contribution is 0.406. The van der Waals surface area contributed by atoms with Gasteiger partial charge in [0, 0.05) is 11.6 Å². The Kier molecular flexibility index (Phi) is 9.19. The molecule has 7 heteroatoms. The number of sulfone groups is 1. The van der Waals surface area contributed by atoms with Gasteiger partial charge in [0.15, 0.2) is 9.84 Å². The number of benzene rings is 2. The first-order chi connectivity index (χ1) is 13.7. The Balaban J connectivity index is 0.000000300. The van der Waals surface area contributed by atoms with Crippen LogP contribution in [0, 0.1) is 0 Å². The first-order valence-electron chi connectivity index (χ1n) is 9.83. The van der Waals surface area contributed by atoms with Crippen LogP contribution in [0.2, 0.25) is 0 Å². The van der Waals surface area contributed by atoms with E-state index in [2.05, 4.69) is 13.8 Å².